The van der Waals surface area contributed by atoms with Crippen molar-refractivity contribution in [3.05, 3.63) is 101 Å². The number of H-pyrrole nitrogens is 1. The molecule has 10 heteroatoms. The molecule has 2 heterocycles. The summed E-state index contributed by atoms with van der Waals surface area (Å²) in [4.78, 5) is 27.5. The van der Waals surface area contributed by atoms with Gasteiger partial charge in [-0.3, -0.25) is 4.79 Å². The van der Waals surface area contributed by atoms with E-state index >= 15 is 0 Å². The molecule has 0 aliphatic rings. The average Bonchev–Trinajstić information content (AvgIpc) is 3.42. The fraction of sp³-hybridized carbons (Fsp3) is 0.265. The Balaban J connectivity index is 1.43. The molecule has 5 aromatic rings. The van der Waals surface area contributed by atoms with E-state index in [0.29, 0.717) is 40.0 Å². The standard InChI is InChI=1S/C34H36F2N6O2/c1-20-26(15-24(35)16-29(20)41-33(43)25-11-10-23(14-28(25)36)34(2,3)44)31-27-17-30(40-32(27)39-19-38-31)22-8-6-21(7-9-22)18-42(4)13-5-12-37/h6-11,14-17,19,44H,5,12-13,18,37H2,1-4H3,(H,41,43)(H,38,39,40). The van der Waals surface area contributed by atoms with Gasteiger partial charge in [0.15, 0.2) is 0 Å². The van der Waals surface area contributed by atoms with E-state index in [4.69, 9.17) is 5.73 Å². The number of halogens is 2. The van der Waals surface area contributed by atoms with Gasteiger partial charge in [0.1, 0.15) is 23.6 Å². The van der Waals surface area contributed by atoms with E-state index < -0.39 is 23.1 Å². The molecule has 0 spiro atoms. The Bertz CT molecular complexity index is 1810. The van der Waals surface area contributed by atoms with Crippen LogP contribution in [0.4, 0.5) is 14.5 Å². The molecule has 5 N–H and O–H groups in total. The Hall–Kier alpha value is -4.51. The summed E-state index contributed by atoms with van der Waals surface area (Å²) < 4.78 is 29.8. The maximum Gasteiger partial charge on any atom is 0.258 e. The van der Waals surface area contributed by atoms with Crippen molar-refractivity contribution in [2.75, 3.05) is 25.5 Å². The van der Waals surface area contributed by atoms with Crippen LogP contribution in [0.1, 0.15) is 47.3 Å². The van der Waals surface area contributed by atoms with Crippen LogP contribution >= 0.6 is 0 Å². The van der Waals surface area contributed by atoms with Crippen molar-refractivity contribution < 1.29 is 18.7 Å². The number of amides is 1. The zero-order valence-corrected chi connectivity index (χ0v) is 25.2. The molecule has 0 aliphatic heterocycles. The van der Waals surface area contributed by atoms with Crippen LogP contribution in [-0.4, -0.2) is 51.0 Å². The highest BCUT2D eigenvalue weighted by Gasteiger charge is 2.22. The molecule has 0 fully saturated rings. The van der Waals surface area contributed by atoms with Gasteiger partial charge in [0.05, 0.1) is 16.9 Å². The summed E-state index contributed by atoms with van der Waals surface area (Å²) in [7, 11) is 2.07. The monoisotopic (exact) mass is 598 g/mol. The number of anilines is 1. The van der Waals surface area contributed by atoms with E-state index in [1.807, 2.05) is 18.2 Å². The van der Waals surface area contributed by atoms with Crippen molar-refractivity contribution in [2.45, 2.75) is 39.3 Å². The van der Waals surface area contributed by atoms with Crippen LogP contribution in [0.25, 0.3) is 33.5 Å². The van der Waals surface area contributed by atoms with Gasteiger partial charge in [0.2, 0.25) is 0 Å². The average molecular weight is 599 g/mol. The molecule has 228 valence electrons. The summed E-state index contributed by atoms with van der Waals surface area (Å²) in [5.41, 5.74) is 9.71. The Labute approximate surface area is 255 Å². The number of aliphatic hydroxyl groups is 1. The maximum atomic E-state index is 15.0. The summed E-state index contributed by atoms with van der Waals surface area (Å²) in [6.07, 6.45) is 2.35. The number of hydrogen-bond acceptors (Lipinski definition) is 6. The van der Waals surface area contributed by atoms with Crippen LogP contribution in [0.15, 0.2) is 67.0 Å². The smallest absolute Gasteiger partial charge is 0.258 e. The zero-order chi connectivity index (χ0) is 31.6. The number of benzene rings is 3. The van der Waals surface area contributed by atoms with E-state index in [-0.39, 0.29) is 11.3 Å². The van der Waals surface area contributed by atoms with E-state index in [0.717, 1.165) is 36.8 Å². The fourth-order valence-corrected chi connectivity index (χ4v) is 5.18. The molecule has 1 amide bonds. The zero-order valence-electron chi connectivity index (χ0n) is 25.2. The molecule has 0 bridgehead atoms. The molecule has 0 unspecified atom stereocenters. The van der Waals surface area contributed by atoms with Gasteiger partial charge < -0.3 is 26.0 Å². The van der Waals surface area contributed by atoms with Crippen LogP contribution in [0, 0.1) is 18.6 Å². The summed E-state index contributed by atoms with van der Waals surface area (Å²) >= 11 is 0. The van der Waals surface area contributed by atoms with Gasteiger partial charge in [-0.1, -0.05) is 30.3 Å². The molecular weight excluding hydrogens is 562 g/mol. The summed E-state index contributed by atoms with van der Waals surface area (Å²) in [5.74, 6) is -2.12. The number of aromatic nitrogens is 3. The van der Waals surface area contributed by atoms with Crippen molar-refractivity contribution in [2.24, 2.45) is 5.73 Å². The number of nitrogens with zero attached hydrogens (tertiary/aromatic N) is 3. The van der Waals surface area contributed by atoms with Gasteiger partial charge >= 0.3 is 0 Å². The van der Waals surface area contributed by atoms with Crippen LogP contribution < -0.4 is 11.1 Å². The molecule has 0 aliphatic carbocycles. The largest absolute Gasteiger partial charge is 0.386 e. The molecule has 2 aromatic heterocycles. The Morgan fingerprint density at radius 3 is 2.50 bits per heavy atom. The van der Waals surface area contributed by atoms with Crippen LogP contribution in [0.2, 0.25) is 0 Å². The van der Waals surface area contributed by atoms with Crippen molar-refractivity contribution in [1.82, 2.24) is 19.9 Å². The van der Waals surface area contributed by atoms with Crippen LogP contribution in [0.3, 0.4) is 0 Å². The van der Waals surface area contributed by atoms with E-state index in [2.05, 4.69) is 44.3 Å². The lowest BCUT2D eigenvalue weighted by Crippen LogP contribution is -2.21. The lowest BCUT2D eigenvalue weighted by molar-refractivity contribution is 0.0780. The van der Waals surface area contributed by atoms with Gasteiger partial charge in [-0.05, 0) is 99.9 Å². The molecule has 44 heavy (non-hydrogen) atoms. The molecule has 5 rings (SSSR count). The molecule has 0 atom stereocenters. The summed E-state index contributed by atoms with van der Waals surface area (Å²) in [6.45, 7) is 7.21. The first-order valence-corrected chi connectivity index (χ1v) is 14.4. The predicted octanol–water partition coefficient (Wildman–Crippen LogP) is 6.14. The highest BCUT2D eigenvalue weighted by Crippen LogP contribution is 2.35. The lowest BCUT2D eigenvalue weighted by atomic mass is 9.96. The van der Waals surface area contributed by atoms with E-state index in [9.17, 15) is 18.7 Å². The molecule has 0 saturated carbocycles. The van der Waals surface area contributed by atoms with E-state index in [1.54, 1.807) is 6.92 Å². The van der Waals surface area contributed by atoms with Crippen LogP contribution in [-0.2, 0) is 12.1 Å². The summed E-state index contributed by atoms with van der Waals surface area (Å²) in [6, 6.07) is 16.6. The third-order valence-electron chi connectivity index (χ3n) is 7.68. The number of nitrogens with one attached hydrogen (secondary N) is 2. The highest BCUT2D eigenvalue weighted by atomic mass is 19.1. The Kier molecular flexibility index (Phi) is 8.87. The first-order chi connectivity index (χ1) is 20.9. The van der Waals surface area contributed by atoms with Gasteiger partial charge in [-0.2, -0.15) is 0 Å². The van der Waals surface area contributed by atoms with Gasteiger partial charge in [0, 0.05) is 28.9 Å². The minimum atomic E-state index is -1.27. The minimum absolute atomic E-state index is 0.186. The first kappa shape index (κ1) is 30.9. The molecule has 0 radical (unpaired) electrons. The molecule has 3 aromatic carbocycles. The van der Waals surface area contributed by atoms with Crippen LogP contribution in [0.5, 0.6) is 0 Å². The predicted molar refractivity (Wildman–Crippen MR) is 169 cm³/mol. The number of rotatable bonds is 10. The Morgan fingerprint density at radius 2 is 1.82 bits per heavy atom. The topological polar surface area (TPSA) is 120 Å². The second-order valence-corrected chi connectivity index (χ2v) is 11.6. The van der Waals surface area contributed by atoms with Gasteiger partial charge in [0.25, 0.3) is 5.91 Å². The summed E-state index contributed by atoms with van der Waals surface area (Å²) in [5, 5.41) is 13.5. The number of fused-ring (bicyclic) bond motifs is 1. The second-order valence-electron chi connectivity index (χ2n) is 11.6. The molecule has 8 nitrogen and oxygen atoms in total. The number of aromatic amines is 1. The SMILES string of the molecule is Cc1c(NC(=O)c2ccc(C(C)(C)O)cc2F)cc(F)cc1-c1ncnc2[nH]c(-c3ccc(CN(C)CCCN)cc3)cc12. The number of carbonyl (C=O) groups is 1. The van der Waals surface area contributed by atoms with Crippen molar-refractivity contribution in [3.63, 3.8) is 0 Å². The first-order valence-electron chi connectivity index (χ1n) is 14.4. The number of hydrogen-bond donors (Lipinski definition) is 4. The van der Waals surface area contributed by atoms with Gasteiger partial charge in [-0.25, -0.2) is 18.7 Å². The Morgan fingerprint density at radius 1 is 1.07 bits per heavy atom. The third-order valence-corrected chi connectivity index (χ3v) is 7.68. The van der Waals surface area contributed by atoms with Crippen molar-refractivity contribution >= 4 is 22.6 Å². The normalized spacial score (nSPS) is 11.8. The fourth-order valence-electron chi connectivity index (χ4n) is 5.18. The minimum Gasteiger partial charge on any atom is -0.386 e. The van der Waals surface area contributed by atoms with Crippen molar-refractivity contribution in [3.8, 4) is 22.5 Å². The lowest BCUT2D eigenvalue weighted by Gasteiger charge is -2.18. The number of nitrogens with two attached hydrogens (primary N) is 1. The van der Waals surface area contributed by atoms with Gasteiger partial charge in [-0.15, -0.1) is 0 Å². The quantitative estimate of drug-likeness (QED) is 0.153. The third kappa shape index (κ3) is 6.67. The molecule has 0 saturated heterocycles. The maximum absolute atomic E-state index is 15.0. The molecular formula is C34H36F2N6O2. The van der Waals surface area contributed by atoms with Crippen molar-refractivity contribution in [1.29, 1.82) is 0 Å². The highest BCUT2D eigenvalue weighted by molar-refractivity contribution is 6.06. The number of carbonyl (C=O) groups excluding carboxylic acids is 1. The van der Waals surface area contributed by atoms with E-state index in [1.165, 1.54) is 50.0 Å². The second kappa shape index (κ2) is 12.6.